The molecule has 0 bridgehead atoms. The van der Waals surface area contributed by atoms with E-state index in [2.05, 4.69) is 30.6 Å². The summed E-state index contributed by atoms with van der Waals surface area (Å²) in [5.74, 6) is 2.82. The van der Waals surface area contributed by atoms with Crippen molar-refractivity contribution in [2.75, 3.05) is 6.54 Å². The number of rotatable bonds is 3. The Labute approximate surface area is 203 Å². The molecule has 0 spiro atoms. The lowest BCUT2D eigenvalue weighted by Gasteiger charge is -2.60. The van der Waals surface area contributed by atoms with Crippen LogP contribution in [0.2, 0.25) is 0 Å². The first-order valence-electron chi connectivity index (χ1n) is 13.7. The molecule has 5 heteroatoms. The van der Waals surface area contributed by atoms with Crippen LogP contribution in [-0.2, 0) is 4.79 Å². The maximum atomic E-state index is 12.7. The maximum absolute atomic E-state index is 12.7. The van der Waals surface area contributed by atoms with E-state index in [-0.39, 0.29) is 23.0 Å². The highest BCUT2D eigenvalue weighted by molar-refractivity contribution is 5.82. The van der Waals surface area contributed by atoms with E-state index >= 15 is 0 Å². The molecule has 184 valence electrons. The molecule has 4 aliphatic carbocycles. The largest absolute Gasteiger partial charge is 0.431 e. The monoisotopic (exact) mass is 464 g/mol. The number of hydrogen-bond acceptors (Lipinski definition) is 4. The van der Waals surface area contributed by atoms with Crippen molar-refractivity contribution in [2.24, 2.45) is 28.6 Å². The van der Waals surface area contributed by atoms with E-state index < -0.39 is 0 Å². The predicted molar refractivity (Wildman–Crippen MR) is 132 cm³/mol. The Morgan fingerprint density at radius 3 is 2.76 bits per heavy atom. The SMILES string of the molecule is C[C@]12CC[C@H](NC(=O)C3CCCN3)C[C@H]1CC[C@H]1C3=CC[C@H](c4ccc(=O)oc4)[C@@]3(C)CC[C@@H]12. The van der Waals surface area contributed by atoms with Gasteiger partial charge in [-0.15, -0.1) is 0 Å². The first-order chi connectivity index (χ1) is 16.4. The summed E-state index contributed by atoms with van der Waals surface area (Å²) < 4.78 is 5.25. The number of amides is 1. The van der Waals surface area contributed by atoms with E-state index in [9.17, 15) is 9.59 Å². The third-order valence-electron chi connectivity index (χ3n) is 10.9. The smallest absolute Gasteiger partial charge is 0.335 e. The quantitative estimate of drug-likeness (QED) is 0.623. The summed E-state index contributed by atoms with van der Waals surface area (Å²) in [4.78, 5) is 24.2. The second-order valence-corrected chi connectivity index (χ2v) is 12.4. The second-order valence-electron chi connectivity index (χ2n) is 12.4. The fourth-order valence-corrected chi connectivity index (χ4v) is 9.00. The van der Waals surface area contributed by atoms with Crippen molar-refractivity contribution in [3.8, 4) is 0 Å². The van der Waals surface area contributed by atoms with Gasteiger partial charge in [0.1, 0.15) is 0 Å². The van der Waals surface area contributed by atoms with Gasteiger partial charge < -0.3 is 15.1 Å². The number of allylic oxidation sites excluding steroid dienone is 2. The molecule has 8 atom stereocenters. The molecule has 5 aliphatic rings. The van der Waals surface area contributed by atoms with Crippen molar-refractivity contribution in [1.82, 2.24) is 10.6 Å². The number of carbonyl (C=O) groups excluding carboxylic acids is 1. The fraction of sp³-hybridized carbons (Fsp3) is 0.724. The van der Waals surface area contributed by atoms with Crippen LogP contribution in [0, 0.1) is 28.6 Å². The molecule has 1 saturated heterocycles. The van der Waals surface area contributed by atoms with E-state index in [1.807, 2.05) is 6.07 Å². The minimum Gasteiger partial charge on any atom is -0.431 e. The summed E-state index contributed by atoms with van der Waals surface area (Å²) >= 11 is 0. The lowest BCUT2D eigenvalue weighted by atomic mass is 9.45. The zero-order valence-electron chi connectivity index (χ0n) is 20.8. The van der Waals surface area contributed by atoms with Crippen LogP contribution in [0.25, 0.3) is 0 Å². The topological polar surface area (TPSA) is 71.3 Å². The molecule has 1 aromatic heterocycles. The Kier molecular flexibility index (Phi) is 5.55. The number of nitrogens with one attached hydrogen (secondary N) is 2. The van der Waals surface area contributed by atoms with Gasteiger partial charge in [0.05, 0.1) is 12.3 Å². The molecular formula is C29H40N2O3. The summed E-state index contributed by atoms with van der Waals surface area (Å²) in [7, 11) is 0. The van der Waals surface area contributed by atoms with E-state index in [0.717, 1.165) is 50.5 Å². The first kappa shape index (κ1) is 22.6. The number of fused-ring (bicyclic) bond motifs is 5. The van der Waals surface area contributed by atoms with Crippen molar-refractivity contribution < 1.29 is 9.21 Å². The van der Waals surface area contributed by atoms with Crippen LogP contribution in [0.4, 0.5) is 0 Å². The zero-order valence-corrected chi connectivity index (χ0v) is 20.8. The molecule has 0 aromatic carbocycles. The standard InChI is InChI=1S/C29H40N2O3/c1-28-13-11-20(31-27(33)25-4-3-15-30-25)16-19(28)6-7-21-23-9-8-22(18-5-10-26(32)34-17-18)29(23,2)14-12-24(21)28/h5,9-10,17,19-22,24-25,30H,3-4,6-8,11-16H2,1-2H3,(H,31,33)/t19-,20+,21+,22-,24+,25?,28+,29-/m1/s1. The van der Waals surface area contributed by atoms with Crippen LogP contribution in [0.1, 0.15) is 89.5 Å². The van der Waals surface area contributed by atoms with Gasteiger partial charge in [-0.3, -0.25) is 4.79 Å². The lowest BCUT2D eigenvalue weighted by molar-refractivity contribution is -0.125. The molecule has 2 heterocycles. The summed E-state index contributed by atoms with van der Waals surface area (Å²) in [5.41, 5.74) is 3.18. The lowest BCUT2D eigenvalue weighted by Crippen LogP contribution is -2.54. The predicted octanol–water partition coefficient (Wildman–Crippen LogP) is 4.92. The van der Waals surface area contributed by atoms with Crippen molar-refractivity contribution in [2.45, 2.75) is 96.1 Å². The Morgan fingerprint density at radius 2 is 2.00 bits per heavy atom. The van der Waals surface area contributed by atoms with Gasteiger partial charge in [-0.2, -0.15) is 0 Å². The molecule has 1 amide bonds. The minimum atomic E-state index is -0.263. The van der Waals surface area contributed by atoms with Gasteiger partial charge in [0, 0.05) is 12.1 Å². The zero-order chi connectivity index (χ0) is 23.5. The van der Waals surface area contributed by atoms with Gasteiger partial charge in [-0.1, -0.05) is 25.5 Å². The molecule has 1 unspecified atom stereocenters. The average molecular weight is 465 g/mol. The third kappa shape index (κ3) is 3.53. The van der Waals surface area contributed by atoms with Crippen LogP contribution in [0.15, 0.2) is 39.3 Å². The Balaban J connectivity index is 1.16. The highest BCUT2D eigenvalue weighted by atomic mass is 16.4. The number of carbonyl (C=O) groups is 1. The second kappa shape index (κ2) is 8.36. The summed E-state index contributed by atoms with van der Waals surface area (Å²) in [5, 5.41) is 6.76. The fourth-order valence-electron chi connectivity index (χ4n) is 9.00. The molecule has 1 aromatic rings. The first-order valence-corrected chi connectivity index (χ1v) is 13.7. The molecule has 4 fully saturated rings. The van der Waals surface area contributed by atoms with E-state index in [1.54, 1.807) is 17.9 Å². The highest BCUT2D eigenvalue weighted by Crippen LogP contribution is 2.67. The molecule has 1 aliphatic heterocycles. The van der Waals surface area contributed by atoms with Crippen molar-refractivity contribution in [1.29, 1.82) is 0 Å². The summed E-state index contributed by atoms with van der Waals surface area (Å²) in [6.07, 6.45) is 16.0. The van der Waals surface area contributed by atoms with Gasteiger partial charge in [-0.25, -0.2) is 4.79 Å². The molecular weight excluding hydrogens is 424 g/mol. The van der Waals surface area contributed by atoms with Crippen LogP contribution < -0.4 is 16.3 Å². The van der Waals surface area contributed by atoms with Crippen LogP contribution in [0.3, 0.4) is 0 Å². The van der Waals surface area contributed by atoms with E-state index in [4.69, 9.17) is 4.42 Å². The van der Waals surface area contributed by atoms with Crippen LogP contribution in [-0.4, -0.2) is 24.5 Å². The average Bonchev–Trinajstić information content (AvgIpc) is 3.48. The number of hydrogen-bond donors (Lipinski definition) is 2. The molecule has 5 nitrogen and oxygen atoms in total. The van der Waals surface area contributed by atoms with E-state index in [0.29, 0.717) is 23.3 Å². The summed E-state index contributed by atoms with van der Waals surface area (Å²) in [6.45, 7) is 6.02. The van der Waals surface area contributed by atoms with Crippen LogP contribution >= 0.6 is 0 Å². The molecule has 6 rings (SSSR count). The van der Waals surface area contributed by atoms with Gasteiger partial charge in [0.25, 0.3) is 0 Å². The highest BCUT2D eigenvalue weighted by Gasteiger charge is 2.57. The van der Waals surface area contributed by atoms with Crippen molar-refractivity contribution in [3.63, 3.8) is 0 Å². The normalized spacial score (nSPS) is 43.4. The third-order valence-corrected chi connectivity index (χ3v) is 10.9. The van der Waals surface area contributed by atoms with Crippen molar-refractivity contribution in [3.05, 3.63) is 46.0 Å². The molecule has 2 N–H and O–H groups in total. The Hall–Kier alpha value is -1.88. The van der Waals surface area contributed by atoms with Crippen LogP contribution in [0.5, 0.6) is 0 Å². The maximum Gasteiger partial charge on any atom is 0.335 e. The Morgan fingerprint density at radius 1 is 1.12 bits per heavy atom. The van der Waals surface area contributed by atoms with Crippen molar-refractivity contribution >= 4 is 5.91 Å². The Bertz CT molecular complexity index is 1020. The van der Waals surface area contributed by atoms with Gasteiger partial charge in [0.15, 0.2) is 0 Å². The minimum absolute atomic E-state index is 0.0277. The van der Waals surface area contributed by atoms with Gasteiger partial charge >= 0.3 is 5.63 Å². The molecule has 34 heavy (non-hydrogen) atoms. The van der Waals surface area contributed by atoms with E-state index in [1.165, 1.54) is 37.7 Å². The molecule has 3 saturated carbocycles. The van der Waals surface area contributed by atoms with Gasteiger partial charge in [0.2, 0.25) is 5.91 Å². The van der Waals surface area contributed by atoms with Gasteiger partial charge in [-0.05, 0) is 117 Å². The molecule has 0 radical (unpaired) electrons. The summed E-state index contributed by atoms with van der Waals surface area (Å²) in [6, 6.07) is 3.94.